The van der Waals surface area contributed by atoms with Gasteiger partial charge in [0.1, 0.15) is 6.04 Å². The molecule has 0 bridgehead atoms. The summed E-state index contributed by atoms with van der Waals surface area (Å²) in [6, 6.07) is 19.6. The van der Waals surface area contributed by atoms with Gasteiger partial charge in [0.25, 0.3) is 0 Å². The van der Waals surface area contributed by atoms with Crippen LogP contribution < -0.4 is 5.73 Å². The first kappa shape index (κ1) is 14.8. The van der Waals surface area contributed by atoms with Crippen molar-refractivity contribution in [2.45, 2.75) is 18.7 Å². The Labute approximate surface area is 130 Å². The number of rotatable bonds is 6. The van der Waals surface area contributed by atoms with E-state index in [1.807, 2.05) is 60.7 Å². The smallest absolute Gasteiger partial charge is 0.241 e. The number of benzene rings is 2. The van der Waals surface area contributed by atoms with Gasteiger partial charge in [-0.25, -0.2) is 0 Å². The highest BCUT2D eigenvalue weighted by molar-refractivity contribution is 5.88. The summed E-state index contributed by atoms with van der Waals surface area (Å²) in [5, 5.41) is 0. The summed E-state index contributed by atoms with van der Waals surface area (Å²) in [6.45, 7) is 1.60. The molecule has 1 aliphatic rings. The molecule has 0 unspecified atom stereocenters. The molecular weight excluding hydrogens is 276 g/mol. The standard InChI is InChI=1S/C18H20N2O2/c19-16-11-20(18(16)21)17(15-9-5-2-6-10-15)13-22-12-14-7-3-1-4-8-14/h1-10,16-17H,11-13,19H2/t16-,17+/m0/s1. The van der Waals surface area contributed by atoms with Gasteiger partial charge in [-0.2, -0.15) is 0 Å². The largest absolute Gasteiger partial charge is 0.374 e. The maximum absolute atomic E-state index is 12.0. The molecule has 2 aromatic carbocycles. The van der Waals surface area contributed by atoms with E-state index in [0.29, 0.717) is 19.8 Å². The molecule has 1 aliphatic heterocycles. The Morgan fingerprint density at radius 1 is 1.09 bits per heavy atom. The van der Waals surface area contributed by atoms with Crippen LogP contribution in [0.15, 0.2) is 60.7 Å². The number of amides is 1. The van der Waals surface area contributed by atoms with E-state index in [4.69, 9.17) is 10.5 Å². The molecule has 0 saturated carbocycles. The monoisotopic (exact) mass is 296 g/mol. The number of carbonyl (C=O) groups excluding carboxylic acids is 1. The zero-order valence-corrected chi connectivity index (χ0v) is 12.4. The third-order valence-electron chi connectivity index (χ3n) is 3.94. The fraction of sp³-hybridized carbons (Fsp3) is 0.278. The van der Waals surface area contributed by atoms with Gasteiger partial charge < -0.3 is 15.4 Å². The molecule has 2 N–H and O–H groups in total. The number of hydrogen-bond donors (Lipinski definition) is 1. The Kier molecular flexibility index (Phi) is 4.51. The van der Waals surface area contributed by atoms with Gasteiger partial charge in [-0.15, -0.1) is 0 Å². The molecule has 1 saturated heterocycles. The lowest BCUT2D eigenvalue weighted by atomic mass is 9.99. The number of β-lactam (4-membered cyclic amide) rings is 1. The molecule has 1 amide bonds. The van der Waals surface area contributed by atoms with Gasteiger partial charge in [-0.1, -0.05) is 60.7 Å². The predicted molar refractivity (Wildman–Crippen MR) is 85.0 cm³/mol. The SMILES string of the molecule is N[C@H]1CN([C@H](COCc2ccccc2)c2ccccc2)C1=O. The molecule has 2 atom stereocenters. The van der Waals surface area contributed by atoms with Crippen molar-refractivity contribution in [3.05, 3.63) is 71.8 Å². The van der Waals surface area contributed by atoms with Crippen molar-refractivity contribution in [1.82, 2.24) is 4.90 Å². The Morgan fingerprint density at radius 2 is 1.73 bits per heavy atom. The van der Waals surface area contributed by atoms with Gasteiger partial charge in [-0.05, 0) is 11.1 Å². The molecule has 114 valence electrons. The summed E-state index contributed by atoms with van der Waals surface area (Å²) in [5.41, 5.74) is 7.92. The van der Waals surface area contributed by atoms with Crippen LogP contribution in [0.1, 0.15) is 17.2 Å². The molecule has 4 heteroatoms. The van der Waals surface area contributed by atoms with Gasteiger partial charge in [0.15, 0.2) is 0 Å². The van der Waals surface area contributed by atoms with Crippen molar-refractivity contribution >= 4 is 5.91 Å². The Balaban J connectivity index is 1.66. The van der Waals surface area contributed by atoms with E-state index in [2.05, 4.69) is 0 Å². The maximum atomic E-state index is 12.0. The molecule has 4 nitrogen and oxygen atoms in total. The summed E-state index contributed by atoms with van der Waals surface area (Å²) >= 11 is 0. The minimum atomic E-state index is -0.361. The second-order valence-electron chi connectivity index (χ2n) is 5.52. The topological polar surface area (TPSA) is 55.6 Å². The van der Waals surface area contributed by atoms with E-state index in [1.165, 1.54) is 0 Å². The molecule has 0 radical (unpaired) electrons. The first-order valence-corrected chi connectivity index (χ1v) is 7.48. The summed E-state index contributed by atoms with van der Waals surface area (Å²) in [5.74, 6) is -0.00263. The van der Waals surface area contributed by atoms with E-state index in [0.717, 1.165) is 11.1 Å². The number of nitrogens with zero attached hydrogens (tertiary/aromatic N) is 1. The minimum absolute atomic E-state index is 0.00263. The molecule has 1 heterocycles. The number of hydrogen-bond acceptors (Lipinski definition) is 3. The van der Waals surface area contributed by atoms with Crippen LogP contribution >= 0.6 is 0 Å². The highest BCUT2D eigenvalue weighted by Crippen LogP contribution is 2.26. The van der Waals surface area contributed by atoms with Crippen LogP contribution in [0.4, 0.5) is 0 Å². The lowest BCUT2D eigenvalue weighted by molar-refractivity contribution is -0.148. The third-order valence-corrected chi connectivity index (χ3v) is 3.94. The second-order valence-corrected chi connectivity index (χ2v) is 5.52. The van der Waals surface area contributed by atoms with Gasteiger partial charge in [0, 0.05) is 6.54 Å². The van der Waals surface area contributed by atoms with Gasteiger partial charge in [0.05, 0.1) is 19.3 Å². The van der Waals surface area contributed by atoms with Crippen molar-refractivity contribution in [3.8, 4) is 0 Å². The van der Waals surface area contributed by atoms with Crippen molar-refractivity contribution in [2.75, 3.05) is 13.2 Å². The Bertz CT molecular complexity index is 615. The van der Waals surface area contributed by atoms with Crippen LogP contribution in [0.3, 0.4) is 0 Å². The quantitative estimate of drug-likeness (QED) is 0.831. The molecule has 2 aromatic rings. The molecule has 3 rings (SSSR count). The fourth-order valence-corrected chi connectivity index (χ4v) is 2.67. The molecule has 1 fully saturated rings. The number of carbonyl (C=O) groups is 1. The van der Waals surface area contributed by atoms with Crippen LogP contribution in [-0.2, 0) is 16.1 Å². The van der Waals surface area contributed by atoms with E-state index < -0.39 is 0 Å². The zero-order chi connectivity index (χ0) is 15.4. The van der Waals surface area contributed by atoms with Crippen LogP contribution in [0.5, 0.6) is 0 Å². The van der Waals surface area contributed by atoms with Crippen molar-refractivity contribution in [2.24, 2.45) is 5.73 Å². The summed E-state index contributed by atoms with van der Waals surface area (Å²) in [6.07, 6.45) is 0. The lowest BCUT2D eigenvalue weighted by Crippen LogP contribution is -2.62. The van der Waals surface area contributed by atoms with E-state index in [1.54, 1.807) is 4.90 Å². The van der Waals surface area contributed by atoms with Gasteiger partial charge in [-0.3, -0.25) is 4.79 Å². The summed E-state index contributed by atoms with van der Waals surface area (Å²) in [7, 11) is 0. The summed E-state index contributed by atoms with van der Waals surface area (Å²) < 4.78 is 5.84. The number of likely N-dealkylation sites (tertiary alicyclic amines) is 1. The van der Waals surface area contributed by atoms with Crippen LogP contribution in [0, 0.1) is 0 Å². The van der Waals surface area contributed by atoms with Crippen LogP contribution in [0.2, 0.25) is 0 Å². The van der Waals surface area contributed by atoms with Crippen molar-refractivity contribution < 1.29 is 9.53 Å². The average molecular weight is 296 g/mol. The van der Waals surface area contributed by atoms with Crippen molar-refractivity contribution in [1.29, 1.82) is 0 Å². The molecule has 0 aliphatic carbocycles. The highest BCUT2D eigenvalue weighted by atomic mass is 16.5. The van der Waals surface area contributed by atoms with E-state index in [9.17, 15) is 4.79 Å². The maximum Gasteiger partial charge on any atom is 0.241 e. The Hall–Kier alpha value is -2.17. The third kappa shape index (κ3) is 3.18. The molecular formula is C18H20N2O2. The number of ether oxygens (including phenoxy) is 1. The van der Waals surface area contributed by atoms with Crippen LogP contribution in [-0.4, -0.2) is 30.0 Å². The minimum Gasteiger partial charge on any atom is -0.374 e. The lowest BCUT2D eigenvalue weighted by Gasteiger charge is -2.42. The normalized spacial score (nSPS) is 18.9. The second kappa shape index (κ2) is 6.73. The average Bonchev–Trinajstić information content (AvgIpc) is 2.58. The first-order chi connectivity index (χ1) is 10.8. The van der Waals surface area contributed by atoms with Crippen molar-refractivity contribution in [3.63, 3.8) is 0 Å². The number of nitrogens with two attached hydrogens (primary N) is 1. The van der Waals surface area contributed by atoms with Crippen LogP contribution in [0.25, 0.3) is 0 Å². The fourth-order valence-electron chi connectivity index (χ4n) is 2.67. The molecule has 0 aromatic heterocycles. The zero-order valence-electron chi connectivity index (χ0n) is 12.4. The Morgan fingerprint density at radius 3 is 2.32 bits per heavy atom. The van der Waals surface area contributed by atoms with E-state index in [-0.39, 0.29) is 18.0 Å². The first-order valence-electron chi connectivity index (χ1n) is 7.48. The van der Waals surface area contributed by atoms with Gasteiger partial charge >= 0.3 is 0 Å². The molecule has 22 heavy (non-hydrogen) atoms. The highest BCUT2D eigenvalue weighted by Gasteiger charge is 2.38. The predicted octanol–water partition coefficient (Wildman–Crippen LogP) is 2.11. The molecule has 0 spiro atoms. The van der Waals surface area contributed by atoms with E-state index >= 15 is 0 Å². The summed E-state index contributed by atoms with van der Waals surface area (Å²) in [4.78, 5) is 13.8. The van der Waals surface area contributed by atoms with Gasteiger partial charge in [0.2, 0.25) is 5.91 Å².